The molecule has 1 saturated heterocycles. The lowest BCUT2D eigenvalue weighted by Gasteiger charge is -2.38. The predicted octanol–water partition coefficient (Wildman–Crippen LogP) is 2.46. The SMILES string of the molecule is O=C(C1CCc2n[nH]nc2C1)N1CCN(c2ccnc3cc(Cl)ccc23)CC1. The van der Waals surface area contributed by atoms with Crippen LogP contribution in [0.25, 0.3) is 10.9 Å². The topological polar surface area (TPSA) is 78.0 Å². The minimum Gasteiger partial charge on any atom is -0.367 e. The largest absolute Gasteiger partial charge is 0.367 e. The van der Waals surface area contributed by atoms with Gasteiger partial charge >= 0.3 is 0 Å². The summed E-state index contributed by atoms with van der Waals surface area (Å²) in [4.78, 5) is 21.8. The number of carbonyl (C=O) groups excluding carboxylic acids is 1. The van der Waals surface area contributed by atoms with Gasteiger partial charge in [-0.3, -0.25) is 9.78 Å². The first-order valence-corrected chi connectivity index (χ1v) is 10.0. The highest BCUT2D eigenvalue weighted by molar-refractivity contribution is 6.31. The third kappa shape index (κ3) is 3.09. The maximum atomic E-state index is 13.0. The molecule has 5 rings (SSSR count). The van der Waals surface area contributed by atoms with Gasteiger partial charge in [0.25, 0.3) is 0 Å². The number of pyridine rings is 1. The number of rotatable bonds is 2. The second-order valence-electron chi connectivity index (χ2n) is 7.46. The molecule has 3 heterocycles. The van der Waals surface area contributed by atoms with Gasteiger partial charge in [-0.1, -0.05) is 11.6 Å². The lowest BCUT2D eigenvalue weighted by molar-refractivity contribution is -0.136. The summed E-state index contributed by atoms with van der Waals surface area (Å²) in [6, 6.07) is 7.85. The number of aromatic nitrogens is 4. The van der Waals surface area contributed by atoms with Crippen LogP contribution in [0.2, 0.25) is 5.02 Å². The zero-order valence-corrected chi connectivity index (χ0v) is 16.2. The van der Waals surface area contributed by atoms with Crippen LogP contribution in [0.5, 0.6) is 0 Å². The highest BCUT2D eigenvalue weighted by Crippen LogP contribution is 2.29. The zero-order chi connectivity index (χ0) is 19.1. The smallest absolute Gasteiger partial charge is 0.226 e. The van der Waals surface area contributed by atoms with Crippen LogP contribution in [-0.4, -0.2) is 57.4 Å². The summed E-state index contributed by atoms with van der Waals surface area (Å²) in [5.41, 5.74) is 4.01. The van der Waals surface area contributed by atoms with Crippen LogP contribution in [-0.2, 0) is 17.6 Å². The number of halogens is 1. The molecule has 1 aromatic carbocycles. The van der Waals surface area contributed by atoms with Gasteiger partial charge in [0.1, 0.15) is 0 Å². The fraction of sp³-hybridized carbons (Fsp3) is 0.400. The standard InChI is InChI=1S/C20H21ClN6O/c21-14-2-3-15-17(12-14)22-6-5-19(15)26-7-9-27(10-8-26)20(28)13-1-4-16-18(11-13)24-25-23-16/h2-3,5-6,12-13H,1,4,7-11H2,(H,23,24,25). The summed E-state index contributed by atoms with van der Waals surface area (Å²) in [6.45, 7) is 3.10. The van der Waals surface area contributed by atoms with E-state index in [2.05, 4.69) is 25.3 Å². The number of H-pyrrole nitrogens is 1. The third-order valence-corrected chi connectivity index (χ3v) is 6.07. The molecule has 0 radical (unpaired) electrons. The summed E-state index contributed by atoms with van der Waals surface area (Å²) >= 11 is 6.10. The molecule has 3 aromatic rings. The van der Waals surface area contributed by atoms with E-state index in [9.17, 15) is 4.79 Å². The number of aryl methyl sites for hydroxylation is 1. The van der Waals surface area contributed by atoms with Crippen LogP contribution in [0.4, 0.5) is 5.69 Å². The van der Waals surface area contributed by atoms with Crippen LogP contribution < -0.4 is 4.90 Å². The lowest BCUT2D eigenvalue weighted by Crippen LogP contribution is -2.51. The second kappa shape index (κ2) is 7.05. The Hall–Kier alpha value is -2.67. The highest BCUT2D eigenvalue weighted by Gasteiger charge is 2.32. The van der Waals surface area contributed by atoms with E-state index < -0.39 is 0 Å². The van der Waals surface area contributed by atoms with E-state index in [4.69, 9.17) is 11.6 Å². The number of benzene rings is 1. The van der Waals surface area contributed by atoms with E-state index in [0.29, 0.717) is 11.4 Å². The van der Waals surface area contributed by atoms with Crippen molar-refractivity contribution in [3.8, 4) is 0 Å². The van der Waals surface area contributed by atoms with E-state index in [0.717, 1.165) is 67.0 Å². The number of amides is 1. The second-order valence-corrected chi connectivity index (χ2v) is 7.90. The number of carbonyl (C=O) groups is 1. The molecule has 2 aliphatic rings. The van der Waals surface area contributed by atoms with Crippen LogP contribution in [0.15, 0.2) is 30.5 Å². The van der Waals surface area contributed by atoms with Gasteiger partial charge in [0, 0.05) is 60.8 Å². The number of piperazine rings is 1. The number of fused-ring (bicyclic) bond motifs is 2. The van der Waals surface area contributed by atoms with Crippen molar-refractivity contribution < 1.29 is 4.79 Å². The predicted molar refractivity (Wildman–Crippen MR) is 107 cm³/mol. The molecule has 0 bridgehead atoms. The Morgan fingerprint density at radius 3 is 2.79 bits per heavy atom. The van der Waals surface area contributed by atoms with Crippen molar-refractivity contribution in [1.29, 1.82) is 0 Å². The van der Waals surface area contributed by atoms with Crippen LogP contribution in [0.3, 0.4) is 0 Å². The Bertz CT molecular complexity index is 1030. The molecular formula is C20H21ClN6O. The third-order valence-electron chi connectivity index (χ3n) is 5.84. The van der Waals surface area contributed by atoms with Crippen molar-refractivity contribution in [2.24, 2.45) is 5.92 Å². The van der Waals surface area contributed by atoms with E-state index in [1.165, 1.54) is 0 Å². The number of aromatic amines is 1. The normalized spacial score (nSPS) is 19.7. The first-order valence-electron chi connectivity index (χ1n) is 9.65. The van der Waals surface area contributed by atoms with Crippen molar-refractivity contribution in [2.75, 3.05) is 31.1 Å². The van der Waals surface area contributed by atoms with E-state index >= 15 is 0 Å². The molecule has 1 unspecified atom stereocenters. The molecule has 8 heteroatoms. The fourth-order valence-electron chi connectivity index (χ4n) is 4.30. The van der Waals surface area contributed by atoms with Crippen LogP contribution in [0, 0.1) is 5.92 Å². The number of hydrogen-bond acceptors (Lipinski definition) is 5. The Morgan fingerprint density at radius 2 is 1.93 bits per heavy atom. The lowest BCUT2D eigenvalue weighted by atomic mass is 9.88. The maximum absolute atomic E-state index is 13.0. The molecule has 0 spiro atoms. The summed E-state index contributed by atoms with van der Waals surface area (Å²) in [6.07, 6.45) is 4.20. The summed E-state index contributed by atoms with van der Waals surface area (Å²) in [5, 5.41) is 12.8. The van der Waals surface area contributed by atoms with Crippen molar-refractivity contribution in [3.63, 3.8) is 0 Å². The van der Waals surface area contributed by atoms with Gasteiger partial charge in [0.2, 0.25) is 5.91 Å². The Kier molecular flexibility index (Phi) is 4.39. The highest BCUT2D eigenvalue weighted by atomic mass is 35.5. The van der Waals surface area contributed by atoms with Gasteiger partial charge in [-0.2, -0.15) is 15.4 Å². The Morgan fingerprint density at radius 1 is 1.11 bits per heavy atom. The first kappa shape index (κ1) is 17.4. The quantitative estimate of drug-likeness (QED) is 0.720. The summed E-state index contributed by atoms with van der Waals surface area (Å²) in [5.74, 6) is 0.271. The number of nitrogens with one attached hydrogen (secondary N) is 1. The number of hydrogen-bond donors (Lipinski definition) is 1. The van der Waals surface area contributed by atoms with Gasteiger partial charge in [-0.25, -0.2) is 0 Å². The van der Waals surface area contributed by atoms with Gasteiger partial charge < -0.3 is 9.80 Å². The molecule has 0 saturated carbocycles. The average molecular weight is 397 g/mol. The molecule has 1 aliphatic heterocycles. The summed E-state index contributed by atoms with van der Waals surface area (Å²) in [7, 11) is 0. The average Bonchev–Trinajstić information content (AvgIpc) is 3.20. The van der Waals surface area contributed by atoms with E-state index in [1.807, 2.05) is 35.4 Å². The molecule has 1 aliphatic carbocycles. The Labute approximate surface area is 167 Å². The monoisotopic (exact) mass is 396 g/mol. The van der Waals surface area contributed by atoms with Gasteiger partial charge in [0.15, 0.2) is 0 Å². The van der Waals surface area contributed by atoms with Gasteiger partial charge in [0.05, 0.1) is 16.9 Å². The van der Waals surface area contributed by atoms with E-state index in [-0.39, 0.29) is 11.8 Å². The molecular weight excluding hydrogens is 376 g/mol. The van der Waals surface area contributed by atoms with Crippen LogP contribution in [0.1, 0.15) is 17.8 Å². The molecule has 1 N–H and O–H groups in total. The Balaban J connectivity index is 1.27. The minimum atomic E-state index is 0.0213. The number of nitrogens with zero attached hydrogens (tertiary/aromatic N) is 5. The molecule has 7 nitrogen and oxygen atoms in total. The van der Waals surface area contributed by atoms with E-state index in [1.54, 1.807) is 0 Å². The summed E-state index contributed by atoms with van der Waals surface area (Å²) < 4.78 is 0. The maximum Gasteiger partial charge on any atom is 0.226 e. The number of anilines is 1. The van der Waals surface area contributed by atoms with Crippen molar-refractivity contribution >= 4 is 34.1 Å². The van der Waals surface area contributed by atoms with Gasteiger partial charge in [-0.15, -0.1) is 0 Å². The van der Waals surface area contributed by atoms with Gasteiger partial charge in [-0.05, 0) is 37.1 Å². The molecule has 144 valence electrons. The molecule has 28 heavy (non-hydrogen) atoms. The van der Waals surface area contributed by atoms with Crippen molar-refractivity contribution in [2.45, 2.75) is 19.3 Å². The molecule has 1 atom stereocenters. The zero-order valence-electron chi connectivity index (χ0n) is 15.4. The fourth-order valence-corrected chi connectivity index (χ4v) is 4.47. The van der Waals surface area contributed by atoms with Crippen molar-refractivity contribution in [1.82, 2.24) is 25.3 Å². The minimum absolute atomic E-state index is 0.0213. The first-order chi connectivity index (χ1) is 13.7. The van der Waals surface area contributed by atoms with Crippen molar-refractivity contribution in [3.05, 3.63) is 46.9 Å². The molecule has 2 aromatic heterocycles. The molecule has 1 fully saturated rings. The molecule has 1 amide bonds. The van der Waals surface area contributed by atoms with Crippen LogP contribution >= 0.6 is 11.6 Å².